The summed E-state index contributed by atoms with van der Waals surface area (Å²) >= 11 is 0. The van der Waals surface area contributed by atoms with Gasteiger partial charge in [0.1, 0.15) is 0 Å². The van der Waals surface area contributed by atoms with E-state index in [2.05, 4.69) is 26.3 Å². The van der Waals surface area contributed by atoms with Gasteiger partial charge in [-0.1, -0.05) is 12.1 Å². The SMILES string of the molecule is CC(C)(C#N)c1ccc(NC(=O)C2CCCN(c3ncccn3)C2)cc1. The maximum Gasteiger partial charge on any atom is 0.229 e. The van der Waals surface area contributed by atoms with E-state index >= 15 is 0 Å². The summed E-state index contributed by atoms with van der Waals surface area (Å²) in [5.74, 6) is 0.591. The van der Waals surface area contributed by atoms with Crippen LogP contribution >= 0.6 is 0 Å². The van der Waals surface area contributed by atoms with Gasteiger partial charge in [0.15, 0.2) is 0 Å². The Hall–Kier alpha value is -2.94. The molecule has 134 valence electrons. The smallest absolute Gasteiger partial charge is 0.229 e. The van der Waals surface area contributed by atoms with Crippen molar-refractivity contribution in [1.29, 1.82) is 5.26 Å². The van der Waals surface area contributed by atoms with Gasteiger partial charge in [0.25, 0.3) is 0 Å². The fourth-order valence-corrected chi connectivity index (χ4v) is 3.11. The molecule has 1 aromatic heterocycles. The molecule has 0 radical (unpaired) electrons. The van der Waals surface area contributed by atoms with Gasteiger partial charge < -0.3 is 10.2 Å². The molecule has 0 aliphatic carbocycles. The minimum absolute atomic E-state index is 0.0120. The average molecular weight is 349 g/mol. The third-order valence-corrected chi connectivity index (χ3v) is 4.78. The molecular formula is C20H23N5O. The molecule has 0 saturated carbocycles. The molecule has 26 heavy (non-hydrogen) atoms. The lowest BCUT2D eigenvalue weighted by atomic mass is 9.86. The molecule has 1 fully saturated rings. The molecule has 3 rings (SSSR count). The third-order valence-electron chi connectivity index (χ3n) is 4.78. The van der Waals surface area contributed by atoms with Crippen LogP contribution < -0.4 is 10.2 Å². The minimum Gasteiger partial charge on any atom is -0.340 e. The molecule has 1 aliphatic heterocycles. The van der Waals surface area contributed by atoms with Gasteiger partial charge >= 0.3 is 0 Å². The van der Waals surface area contributed by atoms with Gasteiger partial charge in [0.05, 0.1) is 17.4 Å². The summed E-state index contributed by atoms with van der Waals surface area (Å²) in [6.07, 6.45) is 5.23. The van der Waals surface area contributed by atoms with E-state index in [1.807, 2.05) is 38.1 Å². The van der Waals surface area contributed by atoms with Crippen LogP contribution in [0.5, 0.6) is 0 Å². The Morgan fingerprint density at radius 1 is 1.27 bits per heavy atom. The van der Waals surface area contributed by atoms with E-state index in [1.54, 1.807) is 18.5 Å². The van der Waals surface area contributed by atoms with Gasteiger partial charge in [-0.05, 0) is 50.5 Å². The number of nitriles is 1. The highest BCUT2D eigenvalue weighted by Crippen LogP contribution is 2.25. The zero-order valence-electron chi connectivity index (χ0n) is 15.1. The molecule has 1 saturated heterocycles. The average Bonchev–Trinajstić information content (AvgIpc) is 2.69. The second-order valence-electron chi connectivity index (χ2n) is 7.14. The second-order valence-corrected chi connectivity index (χ2v) is 7.14. The minimum atomic E-state index is -0.540. The number of carbonyl (C=O) groups is 1. The summed E-state index contributed by atoms with van der Waals surface area (Å²) < 4.78 is 0. The van der Waals surface area contributed by atoms with Crippen LogP contribution in [0.25, 0.3) is 0 Å². The van der Waals surface area contributed by atoms with Crippen molar-refractivity contribution < 1.29 is 4.79 Å². The van der Waals surface area contributed by atoms with Gasteiger partial charge in [-0.25, -0.2) is 9.97 Å². The molecule has 2 heterocycles. The molecule has 0 bridgehead atoms. The Balaban J connectivity index is 1.64. The summed E-state index contributed by atoms with van der Waals surface area (Å²) in [6.45, 7) is 5.24. The quantitative estimate of drug-likeness (QED) is 0.917. The summed E-state index contributed by atoms with van der Waals surface area (Å²) in [6, 6.07) is 11.6. The maximum absolute atomic E-state index is 12.7. The molecule has 0 spiro atoms. The van der Waals surface area contributed by atoms with Gasteiger partial charge in [0, 0.05) is 31.2 Å². The van der Waals surface area contributed by atoms with Crippen LogP contribution in [0.1, 0.15) is 32.3 Å². The number of piperidine rings is 1. The lowest BCUT2D eigenvalue weighted by molar-refractivity contribution is -0.120. The summed E-state index contributed by atoms with van der Waals surface area (Å²) in [5, 5.41) is 12.2. The van der Waals surface area contributed by atoms with Crippen molar-refractivity contribution in [1.82, 2.24) is 9.97 Å². The molecule has 1 atom stereocenters. The van der Waals surface area contributed by atoms with E-state index in [4.69, 9.17) is 0 Å². The lowest BCUT2D eigenvalue weighted by Crippen LogP contribution is -2.41. The predicted octanol–water partition coefficient (Wildman–Crippen LogP) is 3.13. The third kappa shape index (κ3) is 3.99. The fraction of sp³-hybridized carbons (Fsp3) is 0.400. The number of anilines is 2. The lowest BCUT2D eigenvalue weighted by Gasteiger charge is -2.31. The maximum atomic E-state index is 12.7. The van der Waals surface area contributed by atoms with Crippen LogP contribution in [0.3, 0.4) is 0 Å². The first kappa shape index (κ1) is 17.9. The van der Waals surface area contributed by atoms with Crippen LogP contribution in [-0.4, -0.2) is 29.0 Å². The molecule has 1 aliphatic rings. The number of aromatic nitrogens is 2. The Labute approximate surface area is 153 Å². The highest BCUT2D eigenvalue weighted by atomic mass is 16.1. The van der Waals surface area contributed by atoms with E-state index in [1.165, 1.54) is 0 Å². The Morgan fingerprint density at radius 2 is 1.96 bits per heavy atom. The van der Waals surface area contributed by atoms with Crippen LogP contribution in [-0.2, 0) is 10.2 Å². The molecule has 1 aromatic carbocycles. The topological polar surface area (TPSA) is 81.9 Å². The van der Waals surface area contributed by atoms with Crippen LogP contribution in [0, 0.1) is 17.2 Å². The fourth-order valence-electron chi connectivity index (χ4n) is 3.11. The van der Waals surface area contributed by atoms with Crippen molar-refractivity contribution in [2.24, 2.45) is 5.92 Å². The van der Waals surface area contributed by atoms with Crippen LogP contribution in [0.2, 0.25) is 0 Å². The highest BCUT2D eigenvalue weighted by molar-refractivity contribution is 5.93. The standard InChI is InChI=1S/C20H23N5O/c1-20(2,14-21)16-6-8-17(9-7-16)24-18(26)15-5-3-12-25(13-15)19-22-10-4-11-23-19/h4,6-11,15H,3,5,12-13H2,1-2H3,(H,24,26). The number of amides is 1. The zero-order chi connectivity index (χ0) is 18.6. The second kappa shape index (κ2) is 7.52. The largest absolute Gasteiger partial charge is 0.340 e. The monoisotopic (exact) mass is 349 g/mol. The number of hydrogen-bond donors (Lipinski definition) is 1. The van der Waals surface area contributed by atoms with E-state index in [9.17, 15) is 10.1 Å². The molecule has 6 nitrogen and oxygen atoms in total. The van der Waals surface area contributed by atoms with Crippen molar-refractivity contribution in [3.8, 4) is 6.07 Å². The summed E-state index contributed by atoms with van der Waals surface area (Å²) in [4.78, 5) is 23.3. The van der Waals surface area contributed by atoms with Gasteiger partial charge in [-0.2, -0.15) is 5.26 Å². The van der Waals surface area contributed by atoms with Gasteiger partial charge in [-0.3, -0.25) is 4.79 Å². The van der Waals surface area contributed by atoms with Crippen molar-refractivity contribution in [2.45, 2.75) is 32.1 Å². The van der Waals surface area contributed by atoms with Crippen molar-refractivity contribution in [2.75, 3.05) is 23.3 Å². The number of rotatable bonds is 4. The molecular weight excluding hydrogens is 326 g/mol. The van der Waals surface area contributed by atoms with Gasteiger partial charge in [-0.15, -0.1) is 0 Å². The van der Waals surface area contributed by atoms with E-state index in [0.29, 0.717) is 12.5 Å². The van der Waals surface area contributed by atoms with E-state index in [0.717, 1.165) is 30.6 Å². The molecule has 1 unspecified atom stereocenters. The highest BCUT2D eigenvalue weighted by Gasteiger charge is 2.27. The number of carbonyl (C=O) groups excluding carboxylic acids is 1. The van der Waals surface area contributed by atoms with Crippen LogP contribution in [0.4, 0.5) is 11.6 Å². The molecule has 6 heteroatoms. The first-order valence-electron chi connectivity index (χ1n) is 8.84. The summed E-state index contributed by atoms with van der Waals surface area (Å²) in [7, 11) is 0. The number of benzene rings is 1. The molecule has 1 N–H and O–H groups in total. The Kier molecular flexibility index (Phi) is 5.17. The Morgan fingerprint density at radius 3 is 2.62 bits per heavy atom. The Bertz CT molecular complexity index is 795. The normalized spacial score (nSPS) is 17.4. The van der Waals surface area contributed by atoms with Crippen molar-refractivity contribution >= 4 is 17.5 Å². The summed E-state index contributed by atoms with van der Waals surface area (Å²) in [5.41, 5.74) is 1.14. The van der Waals surface area contributed by atoms with Crippen LogP contribution in [0.15, 0.2) is 42.7 Å². The predicted molar refractivity (Wildman–Crippen MR) is 101 cm³/mol. The van der Waals surface area contributed by atoms with E-state index < -0.39 is 5.41 Å². The number of nitrogens with one attached hydrogen (secondary N) is 1. The first-order chi connectivity index (χ1) is 12.5. The molecule has 1 amide bonds. The molecule has 2 aromatic rings. The number of hydrogen-bond acceptors (Lipinski definition) is 5. The van der Waals surface area contributed by atoms with Crippen molar-refractivity contribution in [3.63, 3.8) is 0 Å². The van der Waals surface area contributed by atoms with E-state index in [-0.39, 0.29) is 11.8 Å². The number of nitrogens with zero attached hydrogens (tertiary/aromatic N) is 4. The zero-order valence-corrected chi connectivity index (χ0v) is 15.1. The van der Waals surface area contributed by atoms with Crippen molar-refractivity contribution in [3.05, 3.63) is 48.3 Å². The van der Waals surface area contributed by atoms with Gasteiger partial charge in [0.2, 0.25) is 11.9 Å². The first-order valence-corrected chi connectivity index (χ1v) is 8.84.